The highest BCUT2D eigenvalue weighted by Gasteiger charge is 2.27. The molecule has 0 unspecified atom stereocenters. The van der Waals surface area contributed by atoms with Crippen molar-refractivity contribution in [2.45, 2.75) is 38.1 Å². The number of piperidine rings is 1. The molecule has 0 amide bonds. The van der Waals surface area contributed by atoms with Crippen molar-refractivity contribution in [3.05, 3.63) is 59.6 Å². The smallest absolute Gasteiger partial charge is 0.225 e. The van der Waals surface area contributed by atoms with Crippen LogP contribution in [0.1, 0.15) is 42.9 Å². The Balaban J connectivity index is 1.37. The van der Waals surface area contributed by atoms with Crippen LogP contribution in [0.25, 0.3) is 11.3 Å². The first-order chi connectivity index (χ1) is 15.6. The molecule has 168 valence electrons. The van der Waals surface area contributed by atoms with E-state index in [0.717, 1.165) is 67.5 Å². The monoisotopic (exact) mass is 438 g/mol. The summed E-state index contributed by atoms with van der Waals surface area (Å²) in [6.45, 7) is 4.37. The summed E-state index contributed by atoms with van der Waals surface area (Å²) in [6, 6.07) is 6.12. The van der Waals surface area contributed by atoms with Gasteiger partial charge in [-0.05, 0) is 56.0 Å². The SMILES string of the molecule is Cn1cc(-c2ccnc(N3CCCC3)n2)c([C@@H]2CCCN(Cc3ccc(F)c(F)c3)C2)n1. The molecule has 8 heteroatoms. The first kappa shape index (κ1) is 21.0. The second kappa shape index (κ2) is 8.94. The molecule has 2 aliphatic heterocycles. The van der Waals surface area contributed by atoms with Crippen LogP contribution in [0.5, 0.6) is 0 Å². The van der Waals surface area contributed by atoms with E-state index in [2.05, 4.69) is 14.8 Å². The lowest BCUT2D eigenvalue weighted by Crippen LogP contribution is -2.34. The van der Waals surface area contributed by atoms with E-state index >= 15 is 0 Å². The molecule has 0 spiro atoms. The normalized spacial score (nSPS) is 19.6. The van der Waals surface area contributed by atoms with Gasteiger partial charge in [-0.15, -0.1) is 0 Å². The van der Waals surface area contributed by atoms with Crippen molar-refractivity contribution in [1.82, 2.24) is 24.6 Å². The van der Waals surface area contributed by atoms with Gasteiger partial charge in [-0.25, -0.2) is 18.7 Å². The fourth-order valence-electron chi connectivity index (χ4n) is 4.89. The Kier molecular flexibility index (Phi) is 5.87. The Morgan fingerprint density at radius 3 is 2.69 bits per heavy atom. The lowest BCUT2D eigenvalue weighted by atomic mass is 9.91. The number of aryl methyl sites for hydroxylation is 1. The highest BCUT2D eigenvalue weighted by Crippen LogP contribution is 2.34. The third-order valence-corrected chi connectivity index (χ3v) is 6.45. The molecule has 3 aromatic rings. The van der Waals surface area contributed by atoms with Gasteiger partial charge in [0.25, 0.3) is 0 Å². The van der Waals surface area contributed by atoms with Crippen molar-refractivity contribution in [3.8, 4) is 11.3 Å². The molecule has 1 atom stereocenters. The number of aromatic nitrogens is 4. The van der Waals surface area contributed by atoms with E-state index in [1.54, 1.807) is 6.07 Å². The van der Waals surface area contributed by atoms with E-state index < -0.39 is 11.6 Å². The Bertz CT molecular complexity index is 1090. The van der Waals surface area contributed by atoms with Gasteiger partial charge >= 0.3 is 0 Å². The molecule has 2 fully saturated rings. The Hall–Kier alpha value is -2.87. The second-order valence-corrected chi connectivity index (χ2v) is 8.86. The summed E-state index contributed by atoms with van der Waals surface area (Å²) < 4.78 is 28.8. The average Bonchev–Trinajstić information content (AvgIpc) is 3.47. The molecule has 0 saturated carbocycles. The van der Waals surface area contributed by atoms with Crippen LogP contribution in [-0.2, 0) is 13.6 Å². The first-order valence-electron chi connectivity index (χ1n) is 11.3. The van der Waals surface area contributed by atoms with E-state index in [4.69, 9.17) is 10.1 Å². The van der Waals surface area contributed by atoms with E-state index in [1.807, 2.05) is 30.2 Å². The summed E-state index contributed by atoms with van der Waals surface area (Å²) in [4.78, 5) is 13.9. The molecule has 2 aromatic heterocycles. The van der Waals surface area contributed by atoms with E-state index in [-0.39, 0.29) is 5.92 Å². The van der Waals surface area contributed by atoms with Crippen LogP contribution < -0.4 is 4.90 Å². The number of rotatable bonds is 5. The number of anilines is 1. The van der Waals surface area contributed by atoms with Gasteiger partial charge in [-0.3, -0.25) is 9.58 Å². The Labute approximate surface area is 186 Å². The van der Waals surface area contributed by atoms with Crippen LogP contribution >= 0.6 is 0 Å². The molecule has 5 rings (SSSR count). The molecular formula is C24H28F2N6. The lowest BCUT2D eigenvalue weighted by molar-refractivity contribution is 0.198. The molecule has 32 heavy (non-hydrogen) atoms. The van der Waals surface area contributed by atoms with Gasteiger partial charge in [0.15, 0.2) is 11.6 Å². The Morgan fingerprint density at radius 2 is 1.88 bits per heavy atom. The number of hydrogen-bond donors (Lipinski definition) is 0. The van der Waals surface area contributed by atoms with Crippen molar-refractivity contribution < 1.29 is 8.78 Å². The molecule has 0 radical (unpaired) electrons. The number of hydrogen-bond acceptors (Lipinski definition) is 5. The highest BCUT2D eigenvalue weighted by atomic mass is 19.2. The van der Waals surface area contributed by atoms with Gasteiger partial charge in [0.2, 0.25) is 5.95 Å². The van der Waals surface area contributed by atoms with Gasteiger partial charge in [-0.1, -0.05) is 6.07 Å². The largest absolute Gasteiger partial charge is 0.341 e. The van der Waals surface area contributed by atoms with Crippen LogP contribution in [0.15, 0.2) is 36.7 Å². The number of halogens is 2. The maximum Gasteiger partial charge on any atom is 0.225 e. The highest BCUT2D eigenvalue weighted by molar-refractivity contribution is 5.63. The second-order valence-electron chi connectivity index (χ2n) is 8.86. The maximum absolute atomic E-state index is 13.6. The molecule has 0 aliphatic carbocycles. The zero-order valence-corrected chi connectivity index (χ0v) is 18.3. The summed E-state index contributed by atoms with van der Waals surface area (Å²) in [7, 11) is 1.94. The zero-order valence-electron chi connectivity index (χ0n) is 18.3. The summed E-state index contributed by atoms with van der Waals surface area (Å²) in [5, 5.41) is 4.81. The van der Waals surface area contributed by atoms with Crippen molar-refractivity contribution >= 4 is 5.95 Å². The molecule has 2 saturated heterocycles. The first-order valence-corrected chi connectivity index (χ1v) is 11.3. The van der Waals surface area contributed by atoms with Crippen molar-refractivity contribution in [3.63, 3.8) is 0 Å². The van der Waals surface area contributed by atoms with Gasteiger partial charge < -0.3 is 4.90 Å². The van der Waals surface area contributed by atoms with Gasteiger partial charge in [0.05, 0.1) is 11.4 Å². The van der Waals surface area contributed by atoms with E-state index in [9.17, 15) is 8.78 Å². The fourth-order valence-corrected chi connectivity index (χ4v) is 4.89. The molecule has 6 nitrogen and oxygen atoms in total. The quantitative estimate of drug-likeness (QED) is 0.599. The minimum Gasteiger partial charge on any atom is -0.341 e. The van der Waals surface area contributed by atoms with Crippen molar-refractivity contribution in [2.24, 2.45) is 7.05 Å². The van der Waals surface area contributed by atoms with Crippen molar-refractivity contribution in [1.29, 1.82) is 0 Å². The van der Waals surface area contributed by atoms with E-state index in [0.29, 0.717) is 6.54 Å². The maximum atomic E-state index is 13.6. The molecule has 2 aliphatic rings. The number of nitrogens with zero attached hydrogens (tertiary/aromatic N) is 6. The van der Waals surface area contributed by atoms with Crippen LogP contribution in [-0.4, -0.2) is 50.8 Å². The van der Waals surface area contributed by atoms with Crippen LogP contribution in [0.3, 0.4) is 0 Å². The van der Waals surface area contributed by atoms with Crippen LogP contribution in [0.4, 0.5) is 14.7 Å². The number of benzene rings is 1. The van der Waals surface area contributed by atoms with Gasteiger partial charge in [0, 0.05) is 57.1 Å². The fraction of sp³-hybridized carbons (Fsp3) is 0.458. The van der Waals surface area contributed by atoms with Gasteiger partial charge in [-0.2, -0.15) is 5.10 Å². The minimum atomic E-state index is -0.804. The lowest BCUT2D eigenvalue weighted by Gasteiger charge is -2.32. The minimum absolute atomic E-state index is 0.260. The molecule has 4 heterocycles. The standard InChI is InChI=1S/C24H28F2N6/c1-30-16-19(22-8-9-27-24(28-22)32-11-2-3-12-32)23(29-30)18-5-4-10-31(15-18)14-17-6-7-20(25)21(26)13-17/h6-9,13,16,18H,2-5,10-12,14-15H2,1H3/t18-/m1/s1. The predicted molar refractivity (Wildman–Crippen MR) is 119 cm³/mol. The van der Waals surface area contributed by atoms with Crippen LogP contribution in [0.2, 0.25) is 0 Å². The van der Waals surface area contributed by atoms with Crippen molar-refractivity contribution in [2.75, 3.05) is 31.1 Å². The summed E-state index contributed by atoms with van der Waals surface area (Å²) >= 11 is 0. The summed E-state index contributed by atoms with van der Waals surface area (Å²) in [5.41, 5.74) is 3.79. The number of likely N-dealkylation sites (tertiary alicyclic amines) is 1. The van der Waals surface area contributed by atoms with Crippen LogP contribution in [0, 0.1) is 11.6 Å². The summed E-state index contributed by atoms with van der Waals surface area (Å²) in [6.07, 6.45) is 8.32. The predicted octanol–water partition coefficient (Wildman–Crippen LogP) is 4.14. The average molecular weight is 439 g/mol. The molecular weight excluding hydrogens is 410 g/mol. The third kappa shape index (κ3) is 4.37. The topological polar surface area (TPSA) is 50.1 Å². The van der Waals surface area contributed by atoms with Gasteiger partial charge in [0.1, 0.15) is 0 Å². The molecule has 1 aromatic carbocycles. The van der Waals surface area contributed by atoms with E-state index in [1.165, 1.54) is 25.0 Å². The molecule has 0 N–H and O–H groups in total. The third-order valence-electron chi connectivity index (χ3n) is 6.45. The zero-order chi connectivity index (χ0) is 22.1. The molecule has 0 bridgehead atoms. The Morgan fingerprint density at radius 1 is 1.03 bits per heavy atom. The summed E-state index contributed by atoms with van der Waals surface area (Å²) in [5.74, 6) is -0.545.